The Hall–Kier alpha value is -0.480. The minimum atomic E-state index is -0.691. The van der Waals surface area contributed by atoms with Gasteiger partial charge in [-0.1, -0.05) is 31.4 Å². The molecule has 0 aromatic carbocycles. The summed E-state index contributed by atoms with van der Waals surface area (Å²) in [5.41, 5.74) is 0. The highest BCUT2D eigenvalue weighted by Crippen LogP contribution is 2.49. The van der Waals surface area contributed by atoms with Gasteiger partial charge in [0.05, 0.1) is 12.2 Å². The largest absolute Gasteiger partial charge is 0.481 e. The Balaban J connectivity index is 1.46. The van der Waals surface area contributed by atoms with E-state index in [1.165, 1.54) is 44.9 Å². The molecule has 1 saturated carbocycles. The number of fused-ring (bicyclic) bond motifs is 2. The average molecular weight is 339 g/mol. The number of rotatable bonds is 8. The maximum Gasteiger partial charge on any atom is 0.303 e. The van der Waals surface area contributed by atoms with E-state index in [-0.39, 0.29) is 6.42 Å². The van der Waals surface area contributed by atoms with Crippen LogP contribution < -0.4 is 0 Å². The summed E-state index contributed by atoms with van der Waals surface area (Å²) in [6.07, 6.45) is 18.0. The molecule has 3 aliphatic rings. The van der Waals surface area contributed by atoms with Crippen LogP contribution in [-0.4, -0.2) is 33.8 Å². The quantitative estimate of drug-likeness (QED) is 0.510. The molecule has 0 radical (unpaired) electrons. The molecule has 23 heavy (non-hydrogen) atoms. The first kappa shape index (κ1) is 17.3. The molecule has 4 atom stereocenters. The normalized spacial score (nSPS) is 34.4. The highest BCUT2D eigenvalue weighted by atomic mass is 32.2. The second-order valence-corrected chi connectivity index (χ2v) is 8.79. The molecule has 3 fully saturated rings. The standard InChI is InChI=1S/C19H30O3S/c20-18(21)11-7-2-1-6-10-15-16-12-13-17(22-16)19(15)23-14-8-4-3-5-9-14/h1,6,14-17,19H,2-5,7-13H2,(H,20,21)/t15-,16+,17-,19-/m0/s1. The summed E-state index contributed by atoms with van der Waals surface area (Å²) in [6.45, 7) is 0. The molecule has 1 N–H and O–H groups in total. The fourth-order valence-electron chi connectivity index (χ4n) is 4.37. The third-order valence-electron chi connectivity index (χ3n) is 5.59. The van der Waals surface area contributed by atoms with Crippen molar-refractivity contribution in [1.82, 2.24) is 0 Å². The maximum atomic E-state index is 10.5. The molecule has 0 aromatic rings. The average Bonchev–Trinajstić information content (AvgIpc) is 3.14. The van der Waals surface area contributed by atoms with Gasteiger partial charge in [0.2, 0.25) is 0 Å². The SMILES string of the molecule is O=C(O)CCCC=CC[C@@H]1[C@H](SC2CCCCC2)[C@@H]2CC[C@H]1O2. The Morgan fingerprint density at radius 3 is 2.65 bits per heavy atom. The van der Waals surface area contributed by atoms with Crippen molar-refractivity contribution in [3.8, 4) is 0 Å². The zero-order chi connectivity index (χ0) is 16.1. The van der Waals surface area contributed by atoms with Crippen LogP contribution in [0.3, 0.4) is 0 Å². The molecule has 0 amide bonds. The third kappa shape index (κ3) is 4.76. The van der Waals surface area contributed by atoms with Gasteiger partial charge in [-0.3, -0.25) is 4.79 Å². The summed E-state index contributed by atoms with van der Waals surface area (Å²) >= 11 is 2.23. The van der Waals surface area contributed by atoms with Gasteiger partial charge in [0.1, 0.15) is 0 Å². The molecule has 2 bridgehead atoms. The van der Waals surface area contributed by atoms with Gasteiger partial charge in [-0.05, 0) is 44.9 Å². The number of unbranched alkanes of at least 4 members (excludes halogenated alkanes) is 1. The van der Waals surface area contributed by atoms with Crippen LogP contribution in [0.2, 0.25) is 0 Å². The highest BCUT2D eigenvalue weighted by molar-refractivity contribution is 8.00. The van der Waals surface area contributed by atoms with Crippen LogP contribution in [0.15, 0.2) is 12.2 Å². The molecule has 1 aliphatic carbocycles. The lowest BCUT2D eigenvalue weighted by atomic mass is 9.86. The summed E-state index contributed by atoms with van der Waals surface area (Å²) < 4.78 is 6.22. The Morgan fingerprint density at radius 1 is 1.09 bits per heavy atom. The highest BCUT2D eigenvalue weighted by Gasteiger charge is 2.49. The molecule has 0 aromatic heterocycles. The van der Waals surface area contributed by atoms with Crippen LogP contribution in [0.5, 0.6) is 0 Å². The van der Waals surface area contributed by atoms with Crippen molar-refractivity contribution in [2.75, 3.05) is 0 Å². The van der Waals surface area contributed by atoms with Gasteiger partial charge < -0.3 is 9.84 Å². The van der Waals surface area contributed by atoms with E-state index in [0.29, 0.717) is 23.4 Å². The van der Waals surface area contributed by atoms with Gasteiger partial charge in [-0.2, -0.15) is 11.8 Å². The van der Waals surface area contributed by atoms with E-state index in [2.05, 4.69) is 23.9 Å². The van der Waals surface area contributed by atoms with E-state index >= 15 is 0 Å². The fraction of sp³-hybridized carbons (Fsp3) is 0.842. The minimum absolute atomic E-state index is 0.279. The molecule has 2 saturated heterocycles. The van der Waals surface area contributed by atoms with E-state index in [4.69, 9.17) is 9.84 Å². The van der Waals surface area contributed by atoms with Gasteiger partial charge in [-0.15, -0.1) is 0 Å². The van der Waals surface area contributed by atoms with E-state index in [1.807, 2.05) is 0 Å². The predicted molar refractivity (Wildman–Crippen MR) is 94.9 cm³/mol. The van der Waals surface area contributed by atoms with Crippen LogP contribution in [0.25, 0.3) is 0 Å². The Labute approximate surface area is 144 Å². The van der Waals surface area contributed by atoms with Gasteiger partial charge in [-0.25, -0.2) is 0 Å². The van der Waals surface area contributed by atoms with Crippen molar-refractivity contribution >= 4 is 17.7 Å². The number of carboxylic acid groups (broad SMARTS) is 1. The third-order valence-corrected chi connectivity index (χ3v) is 7.41. The monoisotopic (exact) mass is 338 g/mol. The van der Waals surface area contributed by atoms with Gasteiger partial charge in [0, 0.05) is 22.8 Å². The summed E-state index contributed by atoms with van der Waals surface area (Å²) in [6, 6.07) is 0. The Morgan fingerprint density at radius 2 is 1.87 bits per heavy atom. The zero-order valence-electron chi connectivity index (χ0n) is 14.0. The first-order chi connectivity index (χ1) is 11.2. The molecule has 130 valence electrons. The van der Waals surface area contributed by atoms with Crippen molar-refractivity contribution in [3.05, 3.63) is 12.2 Å². The van der Waals surface area contributed by atoms with Crippen LogP contribution in [0, 0.1) is 5.92 Å². The number of hydrogen-bond acceptors (Lipinski definition) is 3. The molecule has 3 rings (SSSR count). The maximum absolute atomic E-state index is 10.5. The van der Waals surface area contributed by atoms with E-state index in [9.17, 15) is 4.79 Å². The Bertz CT molecular complexity index is 417. The van der Waals surface area contributed by atoms with Crippen LogP contribution in [0.1, 0.15) is 70.6 Å². The second-order valence-electron chi connectivity index (χ2n) is 7.31. The number of allylic oxidation sites excluding steroid dienone is 2. The van der Waals surface area contributed by atoms with Crippen molar-refractivity contribution in [2.24, 2.45) is 5.92 Å². The second kappa shape index (κ2) is 8.57. The van der Waals surface area contributed by atoms with Crippen LogP contribution in [-0.2, 0) is 9.53 Å². The molecular weight excluding hydrogens is 308 g/mol. The number of carbonyl (C=O) groups is 1. The molecular formula is C19H30O3S. The summed E-state index contributed by atoms with van der Waals surface area (Å²) in [7, 11) is 0. The van der Waals surface area contributed by atoms with Gasteiger partial charge in [0.15, 0.2) is 0 Å². The molecule has 0 spiro atoms. The molecule has 3 nitrogen and oxygen atoms in total. The number of hydrogen-bond donors (Lipinski definition) is 1. The first-order valence-corrected chi connectivity index (χ1v) is 10.4. The number of carboxylic acids is 1. The molecule has 0 unspecified atom stereocenters. The Kier molecular flexibility index (Phi) is 6.46. The van der Waals surface area contributed by atoms with E-state index in [1.54, 1.807) is 0 Å². The summed E-state index contributed by atoms with van der Waals surface area (Å²) in [5.74, 6) is -0.0137. The molecule has 2 aliphatic heterocycles. The van der Waals surface area contributed by atoms with E-state index in [0.717, 1.165) is 24.5 Å². The van der Waals surface area contributed by atoms with Gasteiger partial charge in [0.25, 0.3) is 0 Å². The zero-order valence-corrected chi connectivity index (χ0v) is 14.8. The van der Waals surface area contributed by atoms with Gasteiger partial charge >= 0.3 is 5.97 Å². The van der Waals surface area contributed by atoms with Crippen molar-refractivity contribution in [2.45, 2.75) is 93.3 Å². The fourth-order valence-corrected chi connectivity index (χ4v) is 6.29. The van der Waals surface area contributed by atoms with E-state index < -0.39 is 5.97 Å². The van der Waals surface area contributed by atoms with Crippen molar-refractivity contribution < 1.29 is 14.6 Å². The minimum Gasteiger partial charge on any atom is -0.481 e. The lowest BCUT2D eigenvalue weighted by Crippen LogP contribution is -2.31. The lowest BCUT2D eigenvalue weighted by molar-refractivity contribution is -0.137. The number of aliphatic carboxylic acids is 1. The summed E-state index contributed by atoms with van der Waals surface area (Å²) in [4.78, 5) is 10.5. The molecule has 2 heterocycles. The van der Waals surface area contributed by atoms with Crippen LogP contribution in [0.4, 0.5) is 0 Å². The van der Waals surface area contributed by atoms with Crippen molar-refractivity contribution in [1.29, 1.82) is 0 Å². The van der Waals surface area contributed by atoms with Crippen molar-refractivity contribution in [3.63, 3.8) is 0 Å². The number of ether oxygens (including phenoxy) is 1. The first-order valence-electron chi connectivity index (χ1n) is 9.42. The number of thioether (sulfide) groups is 1. The van der Waals surface area contributed by atoms with Crippen LogP contribution >= 0.6 is 11.8 Å². The predicted octanol–water partition coefficient (Wildman–Crippen LogP) is 4.80. The molecule has 4 heteroatoms. The smallest absolute Gasteiger partial charge is 0.303 e. The topological polar surface area (TPSA) is 46.5 Å². The lowest BCUT2D eigenvalue weighted by Gasteiger charge is -2.31. The summed E-state index contributed by atoms with van der Waals surface area (Å²) in [5, 5.41) is 10.2.